The molecule has 5 heteroatoms. The van der Waals surface area contributed by atoms with Gasteiger partial charge in [0.1, 0.15) is 0 Å². The smallest absolute Gasteiger partial charge is 0.0746 e. The van der Waals surface area contributed by atoms with E-state index in [0.29, 0.717) is 21.1 Å². The van der Waals surface area contributed by atoms with E-state index >= 15 is 0 Å². The molecule has 116 valence electrons. The number of nitrogen functional groups attached to an aromatic ring is 1. The number of rotatable bonds is 1. The monoisotopic (exact) mass is 327 g/mol. The Hall–Kier alpha value is -0.640. The summed E-state index contributed by atoms with van der Waals surface area (Å²) < 4.78 is 0. The van der Waals surface area contributed by atoms with Crippen molar-refractivity contribution in [3.05, 3.63) is 22.2 Å². The molecule has 3 nitrogen and oxygen atoms in total. The Balaban J connectivity index is 1.72. The molecule has 2 saturated heterocycles. The Morgan fingerprint density at radius 3 is 1.95 bits per heavy atom. The third kappa shape index (κ3) is 3.10. The molecule has 0 atom stereocenters. The third-order valence-electron chi connectivity index (χ3n) is 5.23. The van der Waals surface area contributed by atoms with Gasteiger partial charge in [0.15, 0.2) is 0 Å². The van der Waals surface area contributed by atoms with Gasteiger partial charge in [0, 0.05) is 18.8 Å². The molecule has 0 unspecified atom stereocenters. The summed E-state index contributed by atoms with van der Waals surface area (Å²) in [5, 5.41) is 1.33. The molecule has 2 fully saturated rings. The molecule has 0 aliphatic carbocycles. The van der Waals surface area contributed by atoms with Crippen LogP contribution in [0.1, 0.15) is 25.7 Å². The molecule has 1 aromatic rings. The molecular weight excluding hydrogens is 305 g/mol. The average Bonchev–Trinajstić information content (AvgIpc) is 2.43. The molecule has 2 aliphatic heterocycles. The van der Waals surface area contributed by atoms with Crippen molar-refractivity contribution in [1.82, 2.24) is 4.90 Å². The van der Waals surface area contributed by atoms with Crippen LogP contribution in [-0.2, 0) is 0 Å². The average molecular weight is 328 g/mol. The van der Waals surface area contributed by atoms with Gasteiger partial charge in [-0.2, -0.15) is 0 Å². The first-order chi connectivity index (χ1) is 9.99. The molecule has 0 saturated carbocycles. The minimum absolute atomic E-state index is 0.537. The molecule has 2 heterocycles. The van der Waals surface area contributed by atoms with Crippen LogP contribution in [0.2, 0.25) is 10.0 Å². The second-order valence-corrected chi connectivity index (χ2v) is 7.44. The zero-order chi connectivity index (χ0) is 15.0. The lowest BCUT2D eigenvalue weighted by Gasteiger charge is -2.47. The fraction of sp³-hybridized carbons (Fsp3) is 0.625. The molecule has 3 rings (SSSR count). The number of nitrogens with zero attached hydrogens (tertiary/aromatic N) is 2. The first-order valence-corrected chi connectivity index (χ1v) is 8.43. The number of hydrogen-bond donors (Lipinski definition) is 1. The van der Waals surface area contributed by atoms with Crippen LogP contribution >= 0.6 is 23.2 Å². The van der Waals surface area contributed by atoms with Gasteiger partial charge in [-0.15, -0.1) is 0 Å². The van der Waals surface area contributed by atoms with Gasteiger partial charge in [-0.25, -0.2) is 0 Å². The van der Waals surface area contributed by atoms with Crippen LogP contribution < -0.4 is 10.6 Å². The highest BCUT2D eigenvalue weighted by atomic mass is 35.5. The van der Waals surface area contributed by atoms with E-state index in [-0.39, 0.29) is 0 Å². The first-order valence-electron chi connectivity index (χ1n) is 7.67. The van der Waals surface area contributed by atoms with E-state index in [1.807, 2.05) is 0 Å². The van der Waals surface area contributed by atoms with E-state index in [1.54, 1.807) is 12.1 Å². The highest BCUT2D eigenvalue weighted by Gasteiger charge is 2.37. The van der Waals surface area contributed by atoms with Crippen LogP contribution in [0.5, 0.6) is 0 Å². The fourth-order valence-corrected chi connectivity index (χ4v) is 4.43. The number of halogens is 2. The van der Waals surface area contributed by atoms with E-state index < -0.39 is 0 Å². The predicted molar refractivity (Wildman–Crippen MR) is 91.5 cm³/mol. The fourth-order valence-electron chi connectivity index (χ4n) is 3.68. The number of piperidine rings is 2. The van der Waals surface area contributed by atoms with Gasteiger partial charge in [-0.3, -0.25) is 0 Å². The van der Waals surface area contributed by atoms with Gasteiger partial charge in [0.05, 0.1) is 15.7 Å². The van der Waals surface area contributed by atoms with Gasteiger partial charge >= 0.3 is 0 Å². The summed E-state index contributed by atoms with van der Waals surface area (Å²) in [7, 11) is 2.22. The Bertz CT molecular complexity index is 491. The second kappa shape index (κ2) is 5.86. The summed E-state index contributed by atoms with van der Waals surface area (Å²) in [6.45, 7) is 4.52. The van der Waals surface area contributed by atoms with Gasteiger partial charge in [-0.05, 0) is 63.4 Å². The van der Waals surface area contributed by atoms with E-state index in [2.05, 4.69) is 16.8 Å². The number of anilines is 2. The van der Waals surface area contributed by atoms with Crippen molar-refractivity contribution in [2.24, 2.45) is 5.41 Å². The van der Waals surface area contributed by atoms with Gasteiger partial charge in [-0.1, -0.05) is 23.2 Å². The van der Waals surface area contributed by atoms with Crippen LogP contribution in [0.3, 0.4) is 0 Å². The summed E-state index contributed by atoms with van der Waals surface area (Å²) in [5.41, 5.74) is 7.90. The Labute approximate surface area is 137 Å². The number of likely N-dealkylation sites (tertiary alicyclic amines) is 1. The third-order valence-corrected chi connectivity index (χ3v) is 5.80. The van der Waals surface area contributed by atoms with E-state index in [1.165, 1.54) is 38.8 Å². The number of nitrogens with two attached hydrogens (primary N) is 1. The molecule has 21 heavy (non-hydrogen) atoms. The van der Waals surface area contributed by atoms with Crippen LogP contribution in [-0.4, -0.2) is 38.1 Å². The summed E-state index contributed by atoms with van der Waals surface area (Å²) in [6.07, 6.45) is 5.11. The summed E-state index contributed by atoms with van der Waals surface area (Å²) in [6, 6.07) is 3.59. The molecule has 1 aromatic carbocycles. The van der Waals surface area contributed by atoms with Gasteiger partial charge in [0.25, 0.3) is 0 Å². The van der Waals surface area contributed by atoms with Crippen molar-refractivity contribution >= 4 is 34.6 Å². The van der Waals surface area contributed by atoms with Crippen molar-refractivity contribution in [1.29, 1.82) is 0 Å². The molecule has 0 aromatic heterocycles. The lowest BCUT2D eigenvalue weighted by atomic mass is 9.71. The maximum atomic E-state index is 6.35. The van der Waals surface area contributed by atoms with Crippen molar-refractivity contribution in [3.8, 4) is 0 Å². The molecule has 2 aliphatic rings. The van der Waals surface area contributed by atoms with Crippen molar-refractivity contribution < 1.29 is 0 Å². The Morgan fingerprint density at radius 2 is 1.43 bits per heavy atom. The molecular formula is C16H23Cl2N3. The van der Waals surface area contributed by atoms with Crippen LogP contribution in [0.15, 0.2) is 12.1 Å². The predicted octanol–water partition coefficient (Wildman–Crippen LogP) is 3.89. The second-order valence-electron chi connectivity index (χ2n) is 6.62. The summed E-state index contributed by atoms with van der Waals surface area (Å²) in [5.74, 6) is 0. The largest absolute Gasteiger partial charge is 0.399 e. The lowest BCUT2D eigenvalue weighted by molar-refractivity contribution is 0.0945. The Kier molecular flexibility index (Phi) is 4.26. The van der Waals surface area contributed by atoms with Gasteiger partial charge in [0.2, 0.25) is 0 Å². The van der Waals surface area contributed by atoms with Crippen molar-refractivity contribution in [2.75, 3.05) is 43.9 Å². The topological polar surface area (TPSA) is 32.5 Å². The standard InChI is InChI=1S/C16H23Cl2N3/c1-20-6-2-16(3-7-20)4-8-21(9-5-16)15-13(17)10-12(19)11-14(15)18/h10-11H,2-9,19H2,1H3. The molecule has 0 radical (unpaired) electrons. The van der Waals surface area contributed by atoms with E-state index in [9.17, 15) is 0 Å². The Morgan fingerprint density at radius 1 is 0.952 bits per heavy atom. The van der Waals surface area contributed by atoms with Crippen LogP contribution in [0.25, 0.3) is 0 Å². The molecule has 0 amide bonds. The molecule has 1 spiro atoms. The zero-order valence-electron chi connectivity index (χ0n) is 12.5. The minimum Gasteiger partial charge on any atom is -0.399 e. The SMILES string of the molecule is CN1CCC2(CC1)CCN(c1c(Cl)cc(N)cc1Cl)CC2. The van der Waals surface area contributed by atoms with Crippen LogP contribution in [0.4, 0.5) is 11.4 Å². The van der Waals surface area contributed by atoms with E-state index in [4.69, 9.17) is 28.9 Å². The molecule has 2 N–H and O–H groups in total. The number of hydrogen-bond acceptors (Lipinski definition) is 3. The maximum Gasteiger partial charge on any atom is 0.0746 e. The molecule has 0 bridgehead atoms. The lowest BCUT2D eigenvalue weighted by Crippen LogP contribution is -2.46. The first kappa shape index (κ1) is 15.3. The van der Waals surface area contributed by atoms with Gasteiger partial charge < -0.3 is 15.5 Å². The summed E-state index contributed by atoms with van der Waals surface area (Å²) in [4.78, 5) is 4.76. The van der Waals surface area contributed by atoms with Crippen molar-refractivity contribution in [2.45, 2.75) is 25.7 Å². The van der Waals surface area contributed by atoms with E-state index in [0.717, 1.165) is 18.8 Å². The quantitative estimate of drug-likeness (QED) is 0.794. The highest BCUT2D eigenvalue weighted by Crippen LogP contribution is 2.44. The minimum atomic E-state index is 0.537. The van der Waals surface area contributed by atoms with Crippen molar-refractivity contribution in [3.63, 3.8) is 0 Å². The maximum absolute atomic E-state index is 6.35. The highest BCUT2D eigenvalue weighted by molar-refractivity contribution is 6.39. The zero-order valence-corrected chi connectivity index (χ0v) is 14.1. The van der Waals surface area contributed by atoms with Crippen LogP contribution in [0, 0.1) is 5.41 Å². The normalized spacial score (nSPS) is 22.7. The summed E-state index contributed by atoms with van der Waals surface area (Å²) >= 11 is 12.7. The number of benzene rings is 1.